The van der Waals surface area contributed by atoms with Gasteiger partial charge in [-0.3, -0.25) is 9.59 Å². The van der Waals surface area contributed by atoms with Gasteiger partial charge in [0.1, 0.15) is 12.2 Å². The van der Waals surface area contributed by atoms with E-state index in [4.69, 9.17) is 9.47 Å². The number of methoxy groups -OCH3 is 1. The Morgan fingerprint density at radius 3 is 2.46 bits per heavy atom. The predicted octanol–water partition coefficient (Wildman–Crippen LogP) is 0.746. The van der Waals surface area contributed by atoms with Gasteiger partial charge in [0.05, 0.1) is 0 Å². The lowest BCUT2D eigenvalue weighted by Gasteiger charge is -2.14. The van der Waals surface area contributed by atoms with Crippen molar-refractivity contribution >= 4 is 21.0 Å². The highest BCUT2D eigenvalue weighted by Gasteiger charge is 2.13. The summed E-state index contributed by atoms with van der Waals surface area (Å²) >= 11 is 0. The molecule has 2 atom stereocenters. The van der Waals surface area contributed by atoms with Crippen LogP contribution in [0.2, 0.25) is 0 Å². The molecule has 0 N–H and O–H groups in total. The normalized spacial score (nSPS) is 12.2. The Kier molecular flexibility index (Phi) is 6.73. The molecular weight excluding hydrogens is 191 g/mol. The molecule has 0 bridgehead atoms. The summed E-state index contributed by atoms with van der Waals surface area (Å²) in [6.07, 6.45) is 0.678. The first-order valence-corrected chi connectivity index (χ1v) is 4.83. The number of carbonyl (C=O) groups is 2. The maximum Gasteiger partial charge on any atom is 0.315 e. The first-order chi connectivity index (χ1) is 6.10. The molecule has 0 rings (SSSR count). The fourth-order valence-corrected chi connectivity index (χ4v) is 1.02. The van der Waals surface area contributed by atoms with Crippen molar-refractivity contribution < 1.29 is 19.1 Å². The summed E-state index contributed by atoms with van der Waals surface area (Å²) in [4.78, 5) is 21.5. The molecule has 13 heavy (non-hydrogen) atoms. The maximum atomic E-state index is 11.0. The van der Waals surface area contributed by atoms with Gasteiger partial charge in [-0.25, -0.2) is 0 Å². The number of hydrogen-bond acceptors (Lipinski definition) is 4. The lowest BCUT2D eigenvalue weighted by molar-refractivity contribution is -0.173. The van der Waals surface area contributed by atoms with Crippen molar-refractivity contribution in [3.05, 3.63) is 0 Å². The highest BCUT2D eigenvalue weighted by atomic mass is 31.0. The van der Waals surface area contributed by atoms with E-state index in [2.05, 4.69) is 9.24 Å². The third-order valence-corrected chi connectivity index (χ3v) is 1.65. The van der Waals surface area contributed by atoms with E-state index in [9.17, 15) is 9.59 Å². The monoisotopic (exact) mass is 206 g/mol. The minimum Gasteiger partial charge on any atom is -0.435 e. The lowest BCUT2D eigenvalue weighted by Crippen LogP contribution is -2.21. The molecular formula is C8H15O4P. The average molecular weight is 206 g/mol. The van der Waals surface area contributed by atoms with Crippen molar-refractivity contribution in [2.24, 2.45) is 0 Å². The Labute approximate surface area is 80.2 Å². The molecule has 0 radical (unpaired) electrons. The first kappa shape index (κ1) is 12.5. The van der Waals surface area contributed by atoms with E-state index in [1.54, 1.807) is 0 Å². The number of ketones is 1. The molecule has 4 nitrogen and oxygen atoms in total. The van der Waals surface area contributed by atoms with Crippen LogP contribution < -0.4 is 0 Å². The van der Waals surface area contributed by atoms with Crippen LogP contribution in [-0.2, 0) is 19.1 Å². The molecule has 0 aromatic heterocycles. The first-order valence-electron chi connectivity index (χ1n) is 4.02. The summed E-state index contributed by atoms with van der Waals surface area (Å²) in [5.74, 6) is -0.733. The van der Waals surface area contributed by atoms with E-state index >= 15 is 0 Å². The second-order valence-electron chi connectivity index (χ2n) is 2.61. The van der Waals surface area contributed by atoms with Gasteiger partial charge in [0, 0.05) is 13.5 Å². The molecule has 0 saturated carbocycles. The molecule has 0 heterocycles. The quantitative estimate of drug-likeness (QED) is 0.278. The largest absolute Gasteiger partial charge is 0.435 e. The van der Waals surface area contributed by atoms with Crippen LogP contribution in [0.5, 0.6) is 0 Å². The summed E-state index contributed by atoms with van der Waals surface area (Å²) in [6.45, 7) is 1.35. The minimum atomic E-state index is -0.538. The summed E-state index contributed by atoms with van der Waals surface area (Å²) in [5.41, 5.74) is 0. The van der Waals surface area contributed by atoms with Crippen molar-refractivity contribution in [3.63, 3.8) is 0 Å². The second kappa shape index (κ2) is 6.98. The topological polar surface area (TPSA) is 52.6 Å². The zero-order valence-electron chi connectivity index (χ0n) is 7.91. The number of carbonyl (C=O) groups excluding carboxylic acids is 2. The zero-order chi connectivity index (χ0) is 10.3. The second-order valence-corrected chi connectivity index (χ2v) is 3.19. The van der Waals surface area contributed by atoms with Crippen LogP contribution in [-0.4, -0.2) is 31.3 Å². The Morgan fingerprint density at radius 2 is 2.08 bits per heavy atom. The van der Waals surface area contributed by atoms with Gasteiger partial charge < -0.3 is 9.47 Å². The van der Waals surface area contributed by atoms with Crippen molar-refractivity contribution in [3.8, 4) is 0 Å². The lowest BCUT2D eigenvalue weighted by atomic mass is 10.3. The Balaban J connectivity index is 3.79. The van der Waals surface area contributed by atoms with Gasteiger partial charge in [0.25, 0.3) is 0 Å². The molecule has 0 amide bonds. The van der Waals surface area contributed by atoms with E-state index in [1.165, 1.54) is 14.0 Å². The number of rotatable bonds is 6. The molecule has 76 valence electrons. The van der Waals surface area contributed by atoms with Crippen LogP contribution >= 0.6 is 9.24 Å². The molecule has 0 spiro atoms. The smallest absolute Gasteiger partial charge is 0.315 e. The van der Waals surface area contributed by atoms with E-state index < -0.39 is 12.3 Å². The summed E-state index contributed by atoms with van der Waals surface area (Å²) < 4.78 is 9.73. The van der Waals surface area contributed by atoms with Crippen molar-refractivity contribution in [1.82, 2.24) is 0 Å². The van der Waals surface area contributed by atoms with Crippen molar-refractivity contribution in [2.45, 2.75) is 26.1 Å². The van der Waals surface area contributed by atoms with Crippen molar-refractivity contribution in [2.75, 3.05) is 13.3 Å². The van der Waals surface area contributed by atoms with Crippen LogP contribution in [0.1, 0.15) is 19.8 Å². The van der Waals surface area contributed by atoms with Crippen LogP contribution in [0.25, 0.3) is 0 Å². The van der Waals surface area contributed by atoms with Gasteiger partial charge in [-0.1, -0.05) is 0 Å². The summed E-state index contributed by atoms with van der Waals surface area (Å²) in [6, 6.07) is 0. The fraction of sp³-hybridized carbons (Fsp3) is 0.750. The fourth-order valence-electron chi connectivity index (χ4n) is 0.753. The van der Waals surface area contributed by atoms with Gasteiger partial charge in [-0.15, -0.1) is 9.24 Å². The summed E-state index contributed by atoms with van der Waals surface area (Å²) in [5, 5.41) is 0. The molecule has 0 aliphatic rings. The molecule has 5 heteroatoms. The van der Waals surface area contributed by atoms with Gasteiger partial charge >= 0.3 is 5.97 Å². The number of ether oxygens (including phenoxy) is 2. The van der Waals surface area contributed by atoms with Gasteiger partial charge in [-0.05, 0) is 13.1 Å². The van der Waals surface area contributed by atoms with Crippen LogP contribution in [0.4, 0.5) is 0 Å². The SMILES string of the molecule is COC(CCP)OC(=O)CC(C)=O. The highest BCUT2D eigenvalue weighted by molar-refractivity contribution is 7.16. The van der Waals surface area contributed by atoms with Gasteiger partial charge in [-0.2, -0.15) is 0 Å². The number of Topliss-reactive ketones (excluding diaryl/α,β-unsaturated/α-hetero) is 1. The zero-order valence-corrected chi connectivity index (χ0v) is 9.06. The van der Waals surface area contributed by atoms with Crippen LogP contribution in [0.3, 0.4) is 0 Å². The Hall–Kier alpha value is -0.470. The Morgan fingerprint density at radius 1 is 1.46 bits per heavy atom. The molecule has 0 aliphatic heterocycles. The van der Waals surface area contributed by atoms with Gasteiger partial charge in [0.2, 0.25) is 6.29 Å². The molecule has 2 unspecified atom stereocenters. The van der Waals surface area contributed by atoms with E-state index in [0.717, 1.165) is 6.16 Å². The van der Waals surface area contributed by atoms with Crippen LogP contribution in [0.15, 0.2) is 0 Å². The third kappa shape index (κ3) is 6.67. The Bertz CT molecular complexity index is 181. The predicted molar refractivity (Wildman–Crippen MR) is 51.4 cm³/mol. The standard InChI is InChI=1S/C8H15O4P/c1-6(9)5-7(10)12-8(11-2)3-4-13/h8H,3-5,13H2,1-2H3. The summed E-state index contributed by atoms with van der Waals surface area (Å²) in [7, 11) is 3.97. The van der Waals surface area contributed by atoms with E-state index in [-0.39, 0.29) is 12.2 Å². The molecule has 0 aromatic rings. The minimum absolute atomic E-state index is 0.184. The van der Waals surface area contributed by atoms with E-state index in [0.29, 0.717) is 6.42 Å². The van der Waals surface area contributed by atoms with Crippen LogP contribution in [0, 0.1) is 0 Å². The van der Waals surface area contributed by atoms with Gasteiger partial charge in [0.15, 0.2) is 0 Å². The number of esters is 1. The molecule has 0 aliphatic carbocycles. The third-order valence-electron chi connectivity index (χ3n) is 1.32. The highest BCUT2D eigenvalue weighted by Crippen LogP contribution is 2.04. The average Bonchev–Trinajstić information content (AvgIpc) is 2.02. The molecule has 0 fully saturated rings. The van der Waals surface area contributed by atoms with Crippen molar-refractivity contribution in [1.29, 1.82) is 0 Å². The molecule has 0 aromatic carbocycles. The molecule has 0 saturated heterocycles. The number of hydrogen-bond donors (Lipinski definition) is 0. The maximum absolute atomic E-state index is 11.0. The van der Waals surface area contributed by atoms with E-state index in [1.807, 2.05) is 0 Å².